The molecule has 0 saturated carbocycles. The highest BCUT2D eigenvalue weighted by Crippen LogP contribution is 2.25. The van der Waals surface area contributed by atoms with Crippen molar-refractivity contribution in [1.82, 2.24) is 4.31 Å². The fourth-order valence-electron chi connectivity index (χ4n) is 2.88. The van der Waals surface area contributed by atoms with Gasteiger partial charge in [-0.25, -0.2) is 8.42 Å². The fraction of sp³-hybridized carbons (Fsp3) is 0.278. The molecule has 0 spiro atoms. The van der Waals surface area contributed by atoms with Crippen molar-refractivity contribution < 1.29 is 13.6 Å². The summed E-state index contributed by atoms with van der Waals surface area (Å²) in [6.07, 6.45) is 1.07. The first-order valence-corrected chi connectivity index (χ1v) is 9.48. The van der Waals surface area contributed by atoms with Gasteiger partial charge < -0.3 is 5.21 Å². The fourth-order valence-corrected chi connectivity index (χ4v) is 4.36. The van der Waals surface area contributed by atoms with Crippen LogP contribution in [0.1, 0.15) is 23.1 Å². The number of nitrogens with zero attached hydrogens (tertiary/aromatic N) is 2. The van der Waals surface area contributed by atoms with Gasteiger partial charge in [0.1, 0.15) is 5.75 Å². The smallest absolute Gasteiger partial charge is 0.220 e. The van der Waals surface area contributed by atoms with Gasteiger partial charge >= 0.3 is 0 Å². The van der Waals surface area contributed by atoms with Gasteiger partial charge in [0.25, 0.3) is 0 Å². The van der Waals surface area contributed by atoms with E-state index in [-0.39, 0.29) is 11.5 Å². The van der Waals surface area contributed by atoms with Gasteiger partial charge in [0.15, 0.2) is 0 Å². The van der Waals surface area contributed by atoms with Crippen molar-refractivity contribution in [3.63, 3.8) is 0 Å². The lowest BCUT2D eigenvalue weighted by molar-refractivity contribution is 0.317. The maximum Gasteiger partial charge on any atom is 0.220 e. The summed E-state index contributed by atoms with van der Waals surface area (Å²) in [6.45, 7) is 0.770. The Morgan fingerprint density at radius 2 is 1.58 bits per heavy atom. The van der Waals surface area contributed by atoms with Gasteiger partial charge in [-0.3, -0.25) is 0 Å². The quantitative estimate of drug-likeness (QED) is 0.498. The Balaban J connectivity index is 1.63. The van der Waals surface area contributed by atoms with Gasteiger partial charge in [-0.1, -0.05) is 59.8 Å². The van der Waals surface area contributed by atoms with E-state index < -0.39 is 10.0 Å². The van der Waals surface area contributed by atoms with Crippen molar-refractivity contribution in [2.45, 2.75) is 25.9 Å². The zero-order chi connectivity index (χ0) is 17.0. The minimum Gasteiger partial charge on any atom is -0.411 e. The van der Waals surface area contributed by atoms with E-state index in [2.05, 4.69) is 5.16 Å². The van der Waals surface area contributed by atoms with E-state index in [0.29, 0.717) is 25.9 Å². The molecular weight excluding hydrogens is 324 g/mol. The van der Waals surface area contributed by atoms with Gasteiger partial charge in [-0.2, -0.15) is 4.31 Å². The zero-order valence-electron chi connectivity index (χ0n) is 13.3. The summed E-state index contributed by atoms with van der Waals surface area (Å²) >= 11 is 0. The summed E-state index contributed by atoms with van der Waals surface area (Å²) in [6, 6.07) is 17.5. The van der Waals surface area contributed by atoms with Crippen LogP contribution >= 0.6 is 0 Å². The van der Waals surface area contributed by atoms with Crippen LogP contribution in [0.2, 0.25) is 0 Å². The molecule has 2 aromatic rings. The van der Waals surface area contributed by atoms with E-state index in [9.17, 15) is 13.6 Å². The molecule has 1 aliphatic heterocycles. The number of fused-ring (bicyclic) bond motifs is 1. The number of hydrogen-bond donors (Lipinski definition) is 1. The van der Waals surface area contributed by atoms with Gasteiger partial charge in [-0.05, 0) is 29.5 Å². The first-order chi connectivity index (χ1) is 11.6. The second kappa shape index (κ2) is 7.15. The molecule has 5 nitrogen and oxygen atoms in total. The molecule has 3 rings (SSSR count). The van der Waals surface area contributed by atoms with Crippen LogP contribution in [0.5, 0.6) is 0 Å². The van der Waals surface area contributed by atoms with Crippen molar-refractivity contribution in [1.29, 1.82) is 0 Å². The Kier molecular flexibility index (Phi) is 4.97. The SMILES string of the molecule is O=S(=O)(C/C(CCc1ccccc1)=N\O)N1Cc2ccccc2C1. The summed E-state index contributed by atoms with van der Waals surface area (Å²) in [4.78, 5) is 0. The first-order valence-electron chi connectivity index (χ1n) is 7.87. The molecule has 0 aliphatic carbocycles. The zero-order valence-corrected chi connectivity index (χ0v) is 14.1. The van der Waals surface area contributed by atoms with E-state index in [1.165, 1.54) is 4.31 Å². The highest BCUT2D eigenvalue weighted by atomic mass is 32.2. The van der Waals surface area contributed by atoms with E-state index in [1.807, 2.05) is 54.6 Å². The highest BCUT2D eigenvalue weighted by Gasteiger charge is 2.30. The Morgan fingerprint density at radius 3 is 2.17 bits per heavy atom. The minimum absolute atomic E-state index is 0.246. The molecule has 0 radical (unpaired) electrons. The number of hydrogen-bond acceptors (Lipinski definition) is 4. The molecule has 1 heterocycles. The van der Waals surface area contributed by atoms with Crippen molar-refractivity contribution in [2.24, 2.45) is 5.16 Å². The molecule has 0 unspecified atom stereocenters. The van der Waals surface area contributed by atoms with Crippen LogP contribution in [0.4, 0.5) is 0 Å². The van der Waals surface area contributed by atoms with E-state index in [0.717, 1.165) is 16.7 Å². The molecule has 1 aliphatic rings. The molecule has 0 fully saturated rings. The normalized spacial score (nSPS) is 15.4. The Hall–Kier alpha value is -2.18. The highest BCUT2D eigenvalue weighted by molar-refractivity contribution is 7.89. The van der Waals surface area contributed by atoms with Crippen molar-refractivity contribution in [3.8, 4) is 0 Å². The summed E-state index contributed by atoms with van der Waals surface area (Å²) in [5.74, 6) is -0.246. The first kappa shape index (κ1) is 16.7. The number of aryl methyl sites for hydroxylation is 1. The van der Waals surface area contributed by atoms with Gasteiger partial charge in [0.2, 0.25) is 10.0 Å². The Labute approximate surface area is 142 Å². The Bertz CT molecular complexity index is 807. The second-order valence-corrected chi connectivity index (χ2v) is 7.91. The van der Waals surface area contributed by atoms with Crippen LogP contribution < -0.4 is 0 Å². The summed E-state index contributed by atoms with van der Waals surface area (Å²) in [5.41, 5.74) is 3.44. The summed E-state index contributed by atoms with van der Waals surface area (Å²) < 4.78 is 26.7. The van der Waals surface area contributed by atoms with Crippen molar-refractivity contribution in [3.05, 3.63) is 71.3 Å². The maximum absolute atomic E-state index is 12.6. The van der Waals surface area contributed by atoms with Gasteiger partial charge in [0, 0.05) is 13.1 Å². The third-order valence-corrected chi connectivity index (χ3v) is 5.98. The topological polar surface area (TPSA) is 70.0 Å². The number of sulfonamides is 1. The third-order valence-electron chi connectivity index (χ3n) is 4.24. The molecule has 2 aromatic carbocycles. The van der Waals surface area contributed by atoms with Crippen LogP contribution in [-0.4, -0.2) is 29.4 Å². The van der Waals surface area contributed by atoms with E-state index in [1.54, 1.807) is 0 Å². The van der Waals surface area contributed by atoms with Gasteiger partial charge in [-0.15, -0.1) is 0 Å². The predicted octanol–water partition coefficient (Wildman–Crippen LogP) is 2.80. The summed E-state index contributed by atoms with van der Waals surface area (Å²) in [5, 5.41) is 12.4. The predicted molar refractivity (Wildman–Crippen MR) is 93.5 cm³/mol. The van der Waals surface area contributed by atoms with Crippen LogP contribution in [-0.2, 0) is 29.5 Å². The minimum atomic E-state index is -3.50. The average molecular weight is 344 g/mol. The molecule has 24 heavy (non-hydrogen) atoms. The molecule has 1 N–H and O–H groups in total. The van der Waals surface area contributed by atoms with E-state index >= 15 is 0 Å². The lowest BCUT2D eigenvalue weighted by atomic mass is 10.1. The second-order valence-electron chi connectivity index (χ2n) is 5.94. The maximum atomic E-state index is 12.6. The van der Waals surface area contributed by atoms with Crippen molar-refractivity contribution in [2.75, 3.05) is 5.75 Å². The molecule has 0 amide bonds. The van der Waals surface area contributed by atoms with Crippen LogP contribution in [0.15, 0.2) is 59.8 Å². The molecule has 0 aromatic heterocycles. The standard InChI is InChI=1S/C18H20N2O3S/c21-19-18(11-10-15-6-2-1-3-7-15)14-24(22,23)20-12-16-8-4-5-9-17(16)13-20/h1-9,21H,10-14H2/b19-18-. The molecule has 0 saturated heterocycles. The van der Waals surface area contributed by atoms with Crippen LogP contribution in [0, 0.1) is 0 Å². The number of oxime groups is 1. The van der Waals surface area contributed by atoms with Crippen LogP contribution in [0.25, 0.3) is 0 Å². The van der Waals surface area contributed by atoms with Crippen molar-refractivity contribution >= 4 is 15.7 Å². The largest absolute Gasteiger partial charge is 0.411 e. The Morgan fingerprint density at radius 1 is 1.00 bits per heavy atom. The molecule has 126 valence electrons. The average Bonchev–Trinajstić information content (AvgIpc) is 3.04. The number of benzene rings is 2. The lowest BCUT2D eigenvalue weighted by Crippen LogP contribution is -2.31. The monoisotopic (exact) mass is 344 g/mol. The molecule has 6 heteroatoms. The molecule has 0 atom stereocenters. The summed E-state index contributed by atoms with van der Waals surface area (Å²) in [7, 11) is -3.50. The number of rotatable bonds is 6. The molecule has 0 bridgehead atoms. The van der Waals surface area contributed by atoms with Gasteiger partial charge in [0.05, 0.1) is 5.71 Å². The third kappa shape index (κ3) is 3.83. The van der Waals surface area contributed by atoms with E-state index in [4.69, 9.17) is 0 Å². The van der Waals surface area contributed by atoms with Crippen LogP contribution in [0.3, 0.4) is 0 Å². The molecular formula is C18H20N2O3S. The lowest BCUT2D eigenvalue weighted by Gasteiger charge is -2.16.